The molecule has 3 aromatic rings. The van der Waals surface area contributed by atoms with Gasteiger partial charge in [-0.15, -0.1) is 0 Å². The second-order valence-electron chi connectivity index (χ2n) is 6.19. The van der Waals surface area contributed by atoms with Crippen LogP contribution in [0.1, 0.15) is 28.7 Å². The third kappa shape index (κ3) is 2.79. The van der Waals surface area contributed by atoms with Crippen LogP contribution in [0.5, 0.6) is 5.75 Å². The van der Waals surface area contributed by atoms with Crippen LogP contribution < -0.4 is 10.3 Å². The first kappa shape index (κ1) is 16.2. The number of hydrogen-bond acceptors (Lipinski definition) is 5. The molecule has 0 spiro atoms. The Hall–Kier alpha value is -3.28. The highest BCUT2D eigenvalue weighted by Crippen LogP contribution is 2.31. The van der Waals surface area contributed by atoms with E-state index in [-0.39, 0.29) is 5.56 Å². The number of hydrogen-bond donors (Lipinski definition) is 0. The van der Waals surface area contributed by atoms with E-state index in [1.54, 1.807) is 31.8 Å². The molecule has 0 saturated heterocycles. The van der Waals surface area contributed by atoms with Crippen molar-refractivity contribution in [1.82, 2.24) is 19.7 Å². The summed E-state index contributed by atoms with van der Waals surface area (Å²) in [5, 5.41) is 4.25. The zero-order valence-electron chi connectivity index (χ0n) is 14.6. The SMILES string of the molecule is COc1ccc(C2=Cc3cnn(-c4ncccn4)c(=O)c3CC2)c(C)c1. The molecule has 4 rings (SSSR count). The van der Waals surface area contributed by atoms with Gasteiger partial charge in [0.1, 0.15) is 5.75 Å². The highest BCUT2D eigenvalue weighted by atomic mass is 16.5. The van der Waals surface area contributed by atoms with Crippen LogP contribution in [0.15, 0.2) is 47.7 Å². The monoisotopic (exact) mass is 346 g/mol. The van der Waals surface area contributed by atoms with Gasteiger partial charge in [-0.3, -0.25) is 4.79 Å². The number of nitrogens with zero attached hydrogens (tertiary/aromatic N) is 4. The molecule has 0 radical (unpaired) electrons. The maximum atomic E-state index is 12.8. The molecule has 1 aliphatic carbocycles. The van der Waals surface area contributed by atoms with Gasteiger partial charge in [0.2, 0.25) is 0 Å². The third-order valence-electron chi connectivity index (χ3n) is 4.61. The van der Waals surface area contributed by atoms with Crippen molar-refractivity contribution in [2.75, 3.05) is 7.11 Å². The van der Waals surface area contributed by atoms with Crippen LogP contribution in [0.2, 0.25) is 0 Å². The van der Waals surface area contributed by atoms with Gasteiger partial charge in [-0.2, -0.15) is 9.78 Å². The minimum Gasteiger partial charge on any atom is -0.497 e. The minimum atomic E-state index is -0.157. The summed E-state index contributed by atoms with van der Waals surface area (Å²) in [5.41, 5.74) is 4.98. The molecule has 0 atom stereocenters. The van der Waals surface area contributed by atoms with Crippen molar-refractivity contribution < 1.29 is 4.74 Å². The van der Waals surface area contributed by atoms with Crippen LogP contribution in [-0.2, 0) is 6.42 Å². The van der Waals surface area contributed by atoms with E-state index in [0.29, 0.717) is 12.4 Å². The molecule has 0 fully saturated rings. The summed E-state index contributed by atoms with van der Waals surface area (Å²) in [7, 11) is 1.66. The summed E-state index contributed by atoms with van der Waals surface area (Å²) < 4.78 is 6.54. The van der Waals surface area contributed by atoms with Crippen LogP contribution in [0.3, 0.4) is 0 Å². The van der Waals surface area contributed by atoms with Gasteiger partial charge in [0.05, 0.1) is 13.3 Å². The van der Waals surface area contributed by atoms with Gasteiger partial charge >= 0.3 is 0 Å². The van der Waals surface area contributed by atoms with Gasteiger partial charge in [-0.1, -0.05) is 6.07 Å². The highest BCUT2D eigenvalue weighted by Gasteiger charge is 2.19. The average molecular weight is 346 g/mol. The van der Waals surface area contributed by atoms with Gasteiger partial charge in [-0.25, -0.2) is 9.97 Å². The molecule has 130 valence electrons. The van der Waals surface area contributed by atoms with Gasteiger partial charge in [0, 0.05) is 23.5 Å². The summed E-state index contributed by atoms with van der Waals surface area (Å²) in [6, 6.07) is 7.76. The average Bonchev–Trinajstić information content (AvgIpc) is 2.68. The summed E-state index contributed by atoms with van der Waals surface area (Å²) in [5.74, 6) is 1.14. The molecular formula is C20H18N4O2. The fourth-order valence-electron chi connectivity index (χ4n) is 3.28. The predicted molar refractivity (Wildman–Crippen MR) is 99.3 cm³/mol. The van der Waals surface area contributed by atoms with E-state index in [9.17, 15) is 4.79 Å². The lowest BCUT2D eigenvalue weighted by molar-refractivity contribution is 0.414. The smallest absolute Gasteiger partial charge is 0.278 e. The second kappa shape index (κ2) is 6.55. The standard InChI is InChI=1S/C20H18N4O2/c1-13-10-16(26-2)5-7-17(13)14-4-6-18-15(11-14)12-23-24(19(18)25)20-21-8-3-9-22-20/h3,5,7-12H,4,6H2,1-2H3. The molecule has 0 aliphatic heterocycles. The molecule has 0 N–H and O–H groups in total. The highest BCUT2D eigenvalue weighted by molar-refractivity contribution is 5.85. The van der Waals surface area contributed by atoms with E-state index >= 15 is 0 Å². The van der Waals surface area contributed by atoms with Gasteiger partial charge < -0.3 is 4.74 Å². The zero-order valence-corrected chi connectivity index (χ0v) is 14.6. The maximum Gasteiger partial charge on any atom is 0.278 e. The van der Waals surface area contributed by atoms with E-state index < -0.39 is 0 Å². The Morgan fingerprint density at radius 1 is 1.15 bits per heavy atom. The number of fused-ring (bicyclic) bond motifs is 1. The number of aryl methyl sites for hydroxylation is 1. The molecule has 0 bridgehead atoms. The van der Waals surface area contributed by atoms with Crippen molar-refractivity contribution in [1.29, 1.82) is 0 Å². The van der Waals surface area contributed by atoms with E-state index in [2.05, 4.69) is 34.1 Å². The lowest BCUT2D eigenvalue weighted by Gasteiger charge is -2.18. The van der Waals surface area contributed by atoms with Gasteiger partial charge in [0.25, 0.3) is 11.5 Å². The number of allylic oxidation sites excluding steroid dienone is 1. The zero-order chi connectivity index (χ0) is 18.1. The van der Waals surface area contributed by atoms with Crippen LogP contribution in [-0.4, -0.2) is 26.9 Å². The molecule has 1 aromatic carbocycles. The van der Waals surface area contributed by atoms with Crippen LogP contribution in [0.4, 0.5) is 0 Å². The van der Waals surface area contributed by atoms with Crippen molar-refractivity contribution in [2.45, 2.75) is 19.8 Å². The Bertz CT molecular complexity index is 1060. The van der Waals surface area contributed by atoms with Crippen molar-refractivity contribution in [3.8, 4) is 11.7 Å². The van der Waals surface area contributed by atoms with Crippen LogP contribution in [0.25, 0.3) is 17.6 Å². The summed E-state index contributed by atoms with van der Waals surface area (Å²) in [4.78, 5) is 21.0. The maximum absolute atomic E-state index is 12.8. The molecule has 2 heterocycles. The quantitative estimate of drug-likeness (QED) is 0.729. The Labute approximate surface area is 150 Å². The lowest BCUT2D eigenvalue weighted by atomic mass is 9.88. The number of methoxy groups -OCH3 is 1. The second-order valence-corrected chi connectivity index (χ2v) is 6.19. The van der Waals surface area contributed by atoms with E-state index in [1.165, 1.54) is 15.8 Å². The first-order valence-electron chi connectivity index (χ1n) is 8.41. The van der Waals surface area contributed by atoms with Crippen molar-refractivity contribution in [2.24, 2.45) is 0 Å². The molecule has 0 saturated carbocycles. The Balaban J connectivity index is 1.76. The predicted octanol–water partition coefficient (Wildman–Crippen LogP) is 2.83. The largest absolute Gasteiger partial charge is 0.497 e. The van der Waals surface area contributed by atoms with Crippen molar-refractivity contribution in [3.05, 3.63) is 75.5 Å². The van der Waals surface area contributed by atoms with Gasteiger partial charge in [0.15, 0.2) is 0 Å². The minimum absolute atomic E-state index is 0.157. The fraction of sp³-hybridized carbons (Fsp3) is 0.200. The molecule has 6 nitrogen and oxygen atoms in total. The molecule has 0 amide bonds. The molecular weight excluding hydrogens is 328 g/mol. The molecule has 1 aliphatic rings. The van der Waals surface area contributed by atoms with E-state index in [0.717, 1.165) is 28.9 Å². The Kier molecular flexibility index (Phi) is 4.08. The fourth-order valence-corrected chi connectivity index (χ4v) is 3.28. The van der Waals surface area contributed by atoms with Crippen molar-refractivity contribution in [3.63, 3.8) is 0 Å². The number of aromatic nitrogens is 4. The first-order chi connectivity index (χ1) is 12.7. The van der Waals surface area contributed by atoms with E-state index in [4.69, 9.17) is 4.74 Å². The molecule has 6 heteroatoms. The number of rotatable bonds is 3. The normalized spacial score (nSPS) is 13.1. The van der Waals surface area contributed by atoms with Gasteiger partial charge in [-0.05, 0) is 60.7 Å². The number of ether oxygens (including phenoxy) is 1. The Morgan fingerprint density at radius 3 is 2.69 bits per heavy atom. The Morgan fingerprint density at radius 2 is 1.96 bits per heavy atom. The van der Waals surface area contributed by atoms with Crippen molar-refractivity contribution >= 4 is 11.6 Å². The lowest BCUT2D eigenvalue weighted by Crippen LogP contribution is -2.28. The number of benzene rings is 1. The topological polar surface area (TPSA) is 69.9 Å². The summed E-state index contributed by atoms with van der Waals surface area (Å²) in [6.07, 6.45) is 8.43. The third-order valence-corrected chi connectivity index (χ3v) is 4.61. The van der Waals surface area contributed by atoms with Crippen LogP contribution >= 0.6 is 0 Å². The molecule has 0 unspecified atom stereocenters. The van der Waals surface area contributed by atoms with Crippen LogP contribution in [0, 0.1) is 6.92 Å². The summed E-state index contributed by atoms with van der Waals surface area (Å²) >= 11 is 0. The molecule has 2 aromatic heterocycles. The first-order valence-corrected chi connectivity index (χ1v) is 8.41. The summed E-state index contributed by atoms with van der Waals surface area (Å²) in [6.45, 7) is 2.07. The van der Waals surface area contributed by atoms with E-state index in [1.807, 2.05) is 12.1 Å². The molecule has 26 heavy (non-hydrogen) atoms.